The van der Waals surface area contributed by atoms with Crippen LogP contribution in [-0.4, -0.2) is 15.0 Å². The van der Waals surface area contributed by atoms with E-state index in [-0.39, 0.29) is 5.82 Å². The average Bonchev–Trinajstić information content (AvgIpc) is 3.24. The molecule has 0 aliphatic rings. The average molecular weight is 396 g/mol. The molecule has 146 valence electrons. The zero-order valence-electron chi connectivity index (χ0n) is 15.9. The lowest BCUT2D eigenvalue weighted by molar-refractivity contribution is 0.618. The molecule has 5 rings (SSSR count). The predicted molar refractivity (Wildman–Crippen MR) is 114 cm³/mol. The fraction of sp³-hybridized carbons (Fsp3) is 0.0417. The maximum atomic E-state index is 13.2. The summed E-state index contributed by atoms with van der Waals surface area (Å²) < 4.78 is 19.2. The van der Waals surface area contributed by atoms with Crippen LogP contribution < -0.4 is 5.32 Å². The molecule has 0 radical (unpaired) electrons. The number of oxazole rings is 1. The highest BCUT2D eigenvalue weighted by Crippen LogP contribution is 2.29. The van der Waals surface area contributed by atoms with E-state index < -0.39 is 0 Å². The standard InChI is InChI=1S/C24H17FN4O/c25-19-13-11-16(12-14-19)15-26-22-20-23(28-21(27-22)17-7-3-1-4-8-17)29-24(30-20)18-9-5-2-6-10-18/h1-14H,15H2,(H,26,27,28). The number of nitrogens with zero attached hydrogens (tertiary/aromatic N) is 3. The van der Waals surface area contributed by atoms with Gasteiger partial charge in [-0.05, 0) is 29.8 Å². The van der Waals surface area contributed by atoms with E-state index in [1.807, 2.05) is 60.7 Å². The second-order valence-corrected chi connectivity index (χ2v) is 6.78. The van der Waals surface area contributed by atoms with Crippen LogP contribution in [0.25, 0.3) is 34.1 Å². The fourth-order valence-corrected chi connectivity index (χ4v) is 3.15. The number of anilines is 1. The molecular formula is C24H17FN4O. The van der Waals surface area contributed by atoms with Crippen LogP contribution in [0, 0.1) is 5.82 Å². The second-order valence-electron chi connectivity index (χ2n) is 6.78. The van der Waals surface area contributed by atoms with Gasteiger partial charge in [-0.15, -0.1) is 0 Å². The summed E-state index contributed by atoms with van der Waals surface area (Å²) in [7, 11) is 0. The number of nitrogens with one attached hydrogen (secondary N) is 1. The molecule has 2 aromatic heterocycles. The third-order valence-electron chi connectivity index (χ3n) is 4.68. The Morgan fingerprint density at radius 3 is 2.10 bits per heavy atom. The van der Waals surface area contributed by atoms with Crippen molar-refractivity contribution in [1.82, 2.24) is 15.0 Å². The quantitative estimate of drug-likeness (QED) is 0.413. The molecule has 0 fully saturated rings. The molecule has 30 heavy (non-hydrogen) atoms. The van der Waals surface area contributed by atoms with Gasteiger partial charge in [-0.3, -0.25) is 0 Å². The van der Waals surface area contributed by atoms with Gasteiger partial charge in [0, 0.05) is 17.7 Å². The van der Waals surface area contributed by atoms with Crippen LogP contribution in [0.4, 0.5) is 10.2 Å². The highest BCUT2D eigenvalue weighted by Gasteiger charge is 2.17. The van der Waals surface area contributed by atoms with Crippen LogP contribution in [0.2, 0.25) is 0 Å². The van der Waals surface area contributed by atoms with Crippen LogP contribution in [0.5, 0.6) is 0 Å². The summed E-state index contributed by atoms with van der Waals surface area (Å²) in [5.74, 6) is 1.31. The van der Waals surface area contributed by atoms with Crippen LogP contribution in [-0.2, 0) is 6.54 Å². The Labute approximate surface area is 172 Å². The first-order valence-corrected chi connectivity index (χ1v) is 9.54. The van der Waals surface area contributed by atoms with E-state index in [2.05, 4.69) is 20.3 Å². The van der Waals surface area contributed by atoms with Gasteiger partial charge in [0.15, 0.2) is 11.6 Å². The summed E-state index contributed by atoms with van der Waals surface area (Å²) in [6, 6.07) is 25.7. The minimum absolute atomic E-state index is 0.266. The third-order valence-corrected chi connectivity index (χ3v) is 4.68. The molecule has 6 heteroatoms. The lowest BCUT2D eigenvalue weighted by Crippen LogP contribution is -2.04. The maximum Gasteiger partial charge on any atom is 0.229 e. The number of hydrogen-bond acceptors (Lipinski definition) is 5. The van der Waals surface area contributed by atoms with E-state index in [4.69, 9.17) is 4.42 Å². The van der Waals surface area contributed by atoms with Gasteiger partial charge in [0.2, 0.25) is 17.1 Å². The van der Waals surface area contributed by atoms with Gasteiger partial charge in [-0.25, -0.2) is 14.4 Å². The summed E-state index contributed by atoms with van der Waals surface area (Å²) in [4.78, 5) is 13.9. The van der Waals surface area contributed by atoms with Crippen molar-refractivity contribution in [3.05, 3.63) is 96.3 Å². The van der Waals surface area contributed by atoms with Crippen molar-refractivity contribution >= 4 is 17.0 Å². The highest BCUT2D eigenvalue weighted by atomic mass is 19.1. The summed E-state index contributed by atoms with van der Waals surface area (Å²) in [5.41, 5.74) is 3.63. The molecule has 0 bridgehead atoms. The van der Waals surface area contributed by atoms with Crippen molar-refractivity contribution in [1.29, 1.82) is 0 Å². The van der Waals surface area contributed by atoms with Gasteiger partial charge >= 0.3 is 0 Å². The first kappa shape index (κ1) is 18.0. The normalized spacial score (nSPS) is 11.0. The molecule has 0 aliphatic carbocycles. The number of aromatic nitrogens is 3. The zero-order valence-corrected chi connectivity index (χ0v) is 15.9. The molecule has 2 heterocycles. The lowest BCUT2D eigenvalue weighted by Gasteiger charge is -2.08. The molecule has 0 saturated carbocycles. The highest BCUT2D eigenvalue weighted by molar-refractivity contribution is 5.84. The van der Waals surface area contributed by atoms with Crippen molar-refractivity contribution in [3.63, 3.8) is 0 Å². The Morgan fingerprint density at radius 2 is 1.40 bits per heavy atom. The van der Waals surface area contributed by atoms with Crippen LogP contribution in [0.1, 0.15) is 5.56 Å². The minimum atomic E-state index is -0.266. The topological polar surface area (TPSA) is 63.8 Å². The van der Waals surface area contributed by atoms with Gasteiger partial charge in [-0.2, -0.15) is 4.98 Å². The largest absolute Gasteiger partial charge is 0.430 e. The van der Waals surface area contributed by atoms with Gasteiger partial charge in [0.05, 0.1) is 0 Å². The summed E-state index contributed by atoms with van der Waals surface area (Å²) in [6.07, 6.45) is 0. The minimum Gasteiger partial charge on any atom is -0.430 e. The summed E-state index contributed by atoms with van der Waals surface area (Å²) >= 11 is 0. The van der Waals surface area contributed by atoms with E-state index in [0.717, 1.165) is 16.7 Å². The molecule has 1 N–H and O–H groups in total. The number of fused-ring (bicyclic) bond motifs is 1. The molecule has 0 atom stereocenters. The smallest absolute Gasteiger partial charge is 0.229 e. The summed E-state index contributed by atoms with van der Waals surface area (Å²) in [6.45, 7) is 0.460. The molecule has 3 aromatic carbocycles. The Morgan fingerprint density at radius 1 is 0.733 bits per heavy atom. The van der Waals surface area contributed by atoms with Crippen LogP contribution in [0.3, 0.4) is 0 Å². The Balaban J connectivity index is 1.58. The molecular weight excluding hydrogens is 379 g/mol. The van der Waals surface area contributed by atoms with Crippen LogP contribution in [0.15, 0.2) is 89.3 Å². The Hall–Kier alpha value is -4.06. The molecule has 0 aliphatic heterocycles. The SMILES string of the molecule is Fc1ccc(CNc2nc(-c3ccccc3)nc3nc(-c4ccccc4)oc23)cc1. The van der Waals surface area contributed by atoms with Crippen LogP contribution >= 0.6 is 0 Å². The van der Waals surface area contributed by atoms with E-state index in [1.165, 1.54) is 12.1 Å². The Bertz CT molecular complexity index is 1290. The first-order chi connectivity index (χ1) is 14.8. The fourth-order valence-electron chi connectivity index (χ4n) is 3.15. The van der Waals surface area contributed by atoms with E-state index in [1.54, 1.807) is 12.1 Å². The zero-order chi connectivity index (χ0) is 20.3. The van der Waals surface area contributed by atoms with Crippen molar-refractivity contribution in [2.75, 3.05) is 5.32 Å². The molecule has 5 nitrogen and oxygen atoms in total. The monoisotopic (exact) mass is 396 g/mol. The second kappa shape index (κ2) is 7.75. The third kappa shape index (κ3) is 3.63. The molecule has 5 aromatic rings. The molecule has 0 unspecified atom stereocenters. The number of rotatable bonds is 5. The van der Waals surface area contributed by atoms with E-state index in [9.17, 15) is 4.39 Å². The lowest BCUT2D eigenvalue weighted by atomic mass is 10.2. The molecule has 0 saturated heterocycles. The maximum absolute atomic E-state index is 13.2. The first-order valence-electron chi connectivity index (χ1n) is 9.54. The molecule has 0 spiro atoms. The van der Waals surface area contributed by atoms with Crippen molar-refractivity contribution in [3.8, 4) is 22.8 Å². The van der Waals surface area contributed by atoms with E-state index in [0.29, 0.717) is 35.3 Å². The van der Waals surface area contributed by atoms with Gasteiger partial charge in [-0.1, -0.05) is 60.7 Å². The van der Waals surface area contributed by atoms with Crippen molar-refractivity contribution in [2.24, 2.45) is 0 Å². The van der Waals surface area contributed by atoms with Crippen molar-refractivity contribution in [2.45, 2.75) is 6.54 Å². The summed E-state index contributed by atoms with van der Waals surface area (Å²) in [5, 5.41) is 3.29. The predicted octanol–water partition coefficient (Wildman–Crippen LogP) is 5.70. The Kier molecular flexibility index (Phi) is 4.65. The number of benzene rings is 3. The van der Waals surface area contributed by atoms with Gasteiger partial charge in [0.25, 0.3) is 0 Å². The van der Waals surface area contributed by atoms with Gasteiger partial charge in [0.1, 0.15) is 5.82 Å². The molecule has 0 amide bonds. The number of halogens is 1. The van der Waals surface area contributed by atoms with E-state index >= 15 is 0 Å². The number of hydrogen-bond donors (Lipinski definition) is 1. The van der Waals surface area contributed by atoms with Gasteiger partial charge < -0.3 is 9.73 Å². The van der Waals surface area contributed by atoms with Crippen molar-refractivity contribution < 1.29 is 8.81 Å².